The lowest BCUT2D eigenvalue weighted by Crippen LogP contribution is -2.03. The van der Waals surface area contributed by atoms with E-state index in [1.807, 2.05) is 0 Å². The molecule has 0 radical (unpaired) electrons. The van der Waals surface area contributed by atoms with E-state index in [-0.39, 0.29) is 5.78 Å². The first kappa shape index (κ1) is 11.0. The van der Waals surface area contributed by atoms with Crippen molar-refractivity contribution >= 4 is 44.9 Å². The monoisotopic (exact) mass is 280 g/mol. The van der Waals surface area contributed by atoms with Gasteiger partial charge >= 0.3 is 0 Å². The molecule has 0 aromatic heterocycles. The zero-order chi connectivity index (χ0) is 9.84. The summed E-state index contributed by atoms with van der Waals surface area (Å²) in [6.07, 6.45) is 0.324. The normalized spacial score (nSPS) is 10.1. The maximum atomic E-state index is 11.1. The number of hydrogen-bond donors (Lipinski definition) is 0. The van der Waals surface area contributed by atoms with Gasteiger partial charge in [0.1, 0.15) is 5.78 Å². The van der Waals surface area contributed by atoms with Crippen molar-refractivity contribution in [2.45, 2.75) is 6.42 Å². The van der Waals surface area contributed by atoms with Crippen molar-refractivity contribution in [1.82, 2.24) is 0 Å². The summed E-state index contributed by atoms with van der Waals surface area (Å²) in [5.74, 6) is 0.0872. The Morgan fingerprint density at radius 2 is 2.08 bits per heavy atom. The molecule has 0 aliphatic rings. The fraction of sp³-hybridized carbons (Fsp3) is 0.222. The average Bonchev–Trinajstić information content (AvgIpc) is 2.13. The van der Waals surface area contributed by atoms with Gasteiger partial charge in [0.15, 0.2) is 0 Å². The molecule has 0 spiro atoms. The molecule has 1 aromatic rings. The van der Waals surface area contributed by atoms with Gasteiger partial charge in [-0.25, -0.2) is 0 Å². The summed E-state index contributed by atoms with van der Waals surface area (Å²) < 4.78 is 0. The Balaban J connectivity index is 2.89. The Hall–Kier alpha value is -0.0500. The maximum absolute atomic E-state index is 11.1. The lowest BCUT2D eigenvalue weighted by Gasteiger charge is -2.02. The minimum Gasteiger partial charge on any atom is -0.298 e. The Labute approximate surface area is 95.2 Å². The van der Waals surface area contributed by atoms with Crippen molar-refractivity contribution in [2.75, 3.05) is 5.33 Å². The number of halogens is 3. The van der Waals surface area contributed by atoms with E-state index >= 15 is 0 Å². The molecule has 13 heavy (non-hydrogen) atoms. The Bertz CT molecular complexity index is 325. The van der Waals surface area contributed by atoms with E-state index in [4.69, 9.17) is 23.2 Å². The highest BCUT2D eigenvalue weighted by molar-refractivity contribution is 9.09. The van der Waals surface area contributed by atoms with Gasteiger partial charge in [-0.15, -0.1) is 0 Å². The predicted octanol–water partition coefficient (Wildman–Crippen LogP) is 3.50. The quantitative estimate of drug-likeness (QED) is 0.775. The predicted molar refractivity (Wildman–Crippen MR) is 59.0 cm³/mol. The second-order valence-electron chi connectivity index (χ2n) is 2.56. The Morgan fingerprint density at radius 1 is 1.38 bits per heavy atom. The third-order valence-electron chi connectivity index (χ3n) is 1.57. The largest absolute Gasteiger partial charge is 0.298 e. The van der Waals surface area contributed by atoms with Crippen LogP contribution in [0.5, 0.6) is 0 Å². The second-order valence-corrected chi connectivity index (χ2v) is 3.91. The van der Waals surface area contributed by atoms with Crippen molar-refractivity contribution < 1.29 is 4.79 Å². The number of hydrogen-bond acceptors (Lipinski definition) is 1. The molecule has 0 saturated carbocycles. The lowest BCUT2D eigenvalue weighted by atomic mass is 10.1. The average molecular weight is 282 g/mol. The molecule has 0 bridgehead atoms. The standard InChI is InChI=1S/C9H7BrCl2O/c10-5-7(13)4-6-2-1-3-8(11)9(6)12/h1-3H,4-5H2. The number of benzene rings is 1. The first-order valence-electron chi connectivity index (χ1n) is 3.65. The molecule has 0 aliphatic heterocycles. The highest BCUT2D eigenvalue weighted by atomic mass is 79.9. The van der Waals surface area contributed by atoms with Crippen LogP contribution in [0.1, 0.15) is 5.56 Å². The van der Waals surface area contributed by atoms with Crippen LogP contribution in [-0.2, 0) is 11.2 Å². The number of alkyl halides is 1. The summed E-state index contributed by atoms with van der Waals surface area (Å²) in [5.41, 5.74) is 0.776. The molecule has 1 nitrogen and oxygen atoms in total. The summed E-state index contributed by atoms with van der Waals surface area (Å²) in [6, 6.07) is 5.28. The highest BCUT2D eigenvalue weighted by Crippen LogP contribution is 2.25. The van der Waals surface area contributed by atoms with Gasteiger partial charge in [0.2, 0.25) is 0 Å². The van der Waals surface area contributed by atoms with Crippen LogP contribution in [0.4, 0.5) is 0 Å². The Kier molecular flexibility index (Phi) is 4.23. The third-order valence-corrected chi connectivity index (χ3v) is 3.05. The minimum atomic E-state index is 0.0872. The lowest BCUT2D eigenvalue weighted by molar-refractivity contribution is -0.115. The molecule has 1 aromatic carbocycles. The van der Waals surface area contributed by atoms with Crippen LogP contribution < -0.4 is 0 Å². The third kappa shape index (κ3) is 2.97. The van der Waals surface area contributed by atoms with Crippen molar-refractivity contribution in [2.24, 2.45) is 0 Å². The zero-order valence-corrected chi connectivity index (χ0v) is 9.79. The van der Waals surface area contributed by atoms with Gasteiger partial charge in [-0.2, -0.15) is 0 Å². The molecule has 70 valence electrons. The number of carbonyl (C=O) groups excluding carboxylic acids is 1. The van der Waals surface area contributed by atoms with Crippen LogP contribution in [0.2, 0.25) is 10.0 Å². The van der Waals surface area contributed by atoms with E-state index in [0.717, 1.165) is 5.56 Å². The highest BCUT2D eigenvalue weighted by Gasteiger charge is 2.07. The van der Waals surface area contributed by atoms with E-state index in [1.54, 1.807) is 18.2 Å². The molecule has 0 saturated heterocycles. The second kappa shape index (κ2) is 4.99. The van der Waals surface area contributed by atoms with E-state index in [0.29, 0.717) is 21.8 Å². The summed E-state index contributed by atoms with van der Waals surface area (Å²) in [7, 11) is 0. The van der Waals surface area contributed by atoms with E-state index in [1.165, 1.54) is 0 Å². The molecule has 0 heterocycles. The molecular weight excluding hydrogens is 275 g/mol. The minimum absolute atomic E-state index is 0.0872. The van der Waals surface area contributed by atoms with Crippen LogP contribution in [-0.4, -0.2) is 11.1 Å². The number of ketones is 1. The summed E-state index contributed by atoms with van der Waals surface area (Å²) in [4.78, 5) is 11.1. The number of carbonyl (C=O) groups is 1. The van der Waals surface area contributed by atoms with Gasteiger partial charge in [-0.05, 0) is 11.6 Å². The van der Waals surface area contributed by atoms with E-state index in [2.05, 4.69) is 15.9 Å². The van der Waals surface area contributed by atoms with Gasteiger partial charge in [-0.3, -0.25) is 4.79 Å². The smallest absolute Gasteiger partial charge is 0.147 e. The molecule has 0 aliphatic carbocycles. The van der Waals surface area contributed by atoms with Gasteiger partial charge in [0.05, 0.1) is 15.4 Å². The summed E-state index contributed by atoms with van der Waals surface area (Å²) >= 11 is 14.8. The van der Waals surface area contributed by atoms with E-state index in [9.17, 15) is 4.79 Å². The van der Waals surface area contributed by atoms with Crippen LogP contribution in [0.15, 0.2) is 18.2 Å². The van der Waals surface area contributed by atoms with E-state index < -0.39 is 0 Å². The van der Waals surface area contributed by atoms with Crippen LogP contribution in [0.25, 0.3) is 0 Å². The molecule has 4 heteroatoms. The molecule has 0 amide bonds. The first-order valence-corrected chi connectivity index (χ1v) is 5.53. The number of Topliss-reactive ketones (excluding diaryl/α,β-unsaturated/α-hetero) is 1. The van der Waals surface area contributed by atoms with Crippen molar-refractivity contribution in [3.63, 3.8) is 0 Å². The molecule has 0 atom stereocenters. The summed E-state index contributed by atoms with van der Waals surface area (Å²) in [5, 5.41) is 1.30. The van der Waals surface area contributed by atoms with Crippen LogP contribution in [0, 0.1) is 0 Å². The fourth-order valence-electron chi connectivity index (χ4n) is 0.945. The van der Waals surface area contributed by atoms with Crippen LogP contribution >= 0.6 is 39.1 Å². The fourth-order valence-corrected chi connectivity index (χ4v) is 1.53. The van der Waals surface area contributed by atoms with Gasteiger partial charge in [0.25, 0.3) is 0 Å². The van der Waals surface area contributed by atoms with Gasteiger partial charge in [-0.1, -0.05) is 51.3 Å². The molecule has 0 N–H and O–H groups in total. The van der Waals surface area contributed by atoms with Gasteiger partial charge < -0.3 is 0 Å². The number of rotatable bonds is 3. The first-order chi connectivity index (χ1) is 6.15. The SMILES string of the molecule is O=C(CBr)Cc1cccc(Cl)c1Cl. The zero-order valence-electron chi connectivity index (χ0n) is 6.69. The van der Waals surface area contributed by atoms with Crippen LogP contribution in [0.3, 0.4) is 0 Å². The summed E-state index contributed by atoms with van der Waals surface area (Å²) in [6.45, 7) is 0. The van der Waals surface area contributed by atoms with Crippen molar-refractivity contribution in [3.8, 4) is 0 Å². The maximum Gasteiger partial charge on any atom is 0.147 e. The topological polar surface area (TPSA) is 17.1 Å². The molecule has 0 fully saturated rings. The molecule has 0 unspecified atom stereocenters. The molecular formula is C9H7BrCl2O. The van der Waals surface area contributed by atoms with Crippen molar-refractivity contribution in [1.29, 1.82) is 0 Å². The van der Waals surface area contributed by atoms with Gasteiger partial charge in [0, 0.05) is 6.42 Å². The Morgan fingerprint density at radius 3 is 2.69 bits per heavy atom. The van der Waals surface area contributed by atoms with Crippen molar-refractivity contribution in [3.05, 3.63) is 33.8 Å². The molecule has 1 rings (SSSR count).